The van der Waals surface area contributed by atoms with Crippen LogP contribution in [0.4, 0.5) is 0 Å². The highest BCUT2D eigenvalue weighted by Crippen LogP contribution is 2.18. The highest BCUT2D eigenvalue weighted by Gasteiger charge is 2.14. The average Bonchev–Trinajstić information content (AvgIpc) is 2.40. The SMILES string of the molecule is CC(C)NC(=O)c1ccc(CC2CCNCC2)cc1.Cl. The third-order valence-electron chi connectivity index (χ3n) is 3.62. The predicted octanol–water partition coefficient (Wildman–Crippen LogP) is 2.79. The minimum Gasteiger partial charge on any atom is -0.350 e. The minimum absolute atomic E-state index is 0. The zero-order valence-electron chi connectivity index (χ0n) is 12.3. The van der Waals surface area contributed by atoms with E-state index in [0.717, 1.165) is 31.0 Å². The van der Waals surface area contributed by atoms with E-state index < -0.39 is 0 Å². The van der Waals surface area contributed by atoms with E-state index in [1.165, 1.54) is 18.4 Å². The van der Waals surface area contributed by atoms with Crippen molar-refractivity contribution in [3.8, 4) is 0 Å². The van der Waals surface area contributed by atoms with Crippen LogP contribution in [-0.2, 0) is 6.42 Å². The van der Waals surface area contributed by atoms with E-state index in [0.29, 0.717) is 0 Å². The fourth-order valence-electron chi connectivity index (χ4n) is 2.56. The molecule has 1 aromatic carbocycles. The molecule has 1 aliphatic rings. The van der Waals surface area contributed by atoms with Crippen molar-refractivity contribution in [3.63, 3.8) is 0 Å². The van der Waals surface area contributed by atoms with Crippen LogP contribution in [0.3, 0.4) is 0 Å². The van der Waals surface area contributed by atoms with E-state index in [-0.39, 0.29) is 24.4 Å². The van der Waals surface area contributed by atoms with E-state index in [9.17, 15) is 4.79 Å². The van der Waals surface area contributed by atoms with Crippen LogP contribution < -0.4 is 10.6 Å². The molecule has 0 atom stereocenters. The first-order chi connectivity index (χ1) is 9.15. The molecule has 0 aromatic heterocycles. The van der Waals surface area contributed by atoms with Crippen LogP contribution in [0.5, 0.6) is 0 Å². The second-order valence-corrected chi connectivity index (χ2v) is 5.72. The summed E-state index contributed by atoms with van der Waals surface area (Å²) in [5, 5.41) is 6.30. The molecule has 0 aliphatic carbocycles. The molecule has 2 rings (SSSR count). The Balaban J connectivity index is 0.00000200. The Morgan fingerprint density at radius 2 is 1.85 bits per heavy atom. The number of hydrogen-bond acceptors (Lipinski definition) is 2. The van der Waals surface area contributed by atoms with Gasteiger partial charge in [-0.2, -0.15) is 0 Å². The maximum absolute atomic E-state index is 11.8. The van der Waals surface area contributed by atoms with Gasteiger partial charge in [-0.25, -0.2) is 0 Å². The van der Waals surface area contributed by atoms with Crippen LogP contribution in [0, 0.1) is 5.92 Å². The van der Waals surface area contributed by atoms with Crippen LogP contribution in [-0.4, -0.2) is 25.0 Å². The molecule has 1 saturated heterocycles. The van der Waals surface area contributed by atoms with E-state index in [4.69, 9.17) is 0 Å². The largest absolute Gasteiger partial charge is 0.350 e. The quantitative estimate of drug-likeness (QED) is 0.897. The lowest BCUT2D eigenvalue weighted by Gasteiger charge is -2.22. The number of amides is 1. The topological polar surface area (TPSA) is 41.1 Å². The molecule has 1 fully saturated rings. The lowest BCUT2D eigenvalue weighted by molar-refractivity contribution is 0.0943. The smallest absolute Gasteiger partial charge is 0.251 e. The molecule has 3 nitrogen and oxygen atoms in total. The van der Waals surface area contributed by atoms with Gasteiger partial charge in [0.25, 0.3) is 5.91 Å². The van der Waals surface area contributed by atoms with Gasteiger partial charge in [-0.05, 0) is 69.8 Å². The molecular weight excluding hydrogens is 272 g/mol. The zero-order chi connectivity index (χ0) is 13.7. The van der Waals surface area contributed by atoms with E-state index >= 15 is 0 Å². The van der Waals surface area contributed by atoms with Gasteiger partial charge in [-0.1, -0.05) is 12.1 Å². The Bertz CT molecular complexity index is 411. The molecular formula is C16H25ClN2O. The summed E-state index contributed by atoms with van der Waals surface area (Å²) < 4.78 is 0. The Hall–Kier alpha value is -1.06. The summed E-state index contributed by atoms with van der Waals surface area (Å²) >= 11 is 0. The van der Waals surface area contributed by atoms with Crippen molar-refractivity contribution in [2.45, 2.75) is 39.2 Å². The average molecular weight is 297 g/mol. The van der Waals surface area contributed by atoms with Gasteiger partial charge in [0.1, 0.15) is 0 Å². The van der Waals surface area contributed by atoms with Crippen molar-refractivity contribution < 1.29 is 4.79 Å². The Labute approximate surface area is 127 Å². The highest BCUT2D eigenvalue weighted by atomic mass is 35.5. The van der Waals surface area contributed by atoms with Gasteiger partial charge < -0.3 is 10.6 Å². The number of piperidine rings is 1. The van der Waals surface area contributed by atoms with Crippen LogP contribution in [0.1, 0.15) is 42.6 Å². The molecule has 112 valence electrons. The van der Waals surface area contributed by atoms with Gasteiger partial charge in [0.15, 0.2) is 0 Å². The Kier molecular flexibility index (Phi) is 7.03. The summed E-state index contributed by atoms with van der Waals surface area (Å²) in [5.41, 5.74) is 2.09. The summed E-state index contributed by atoms with van der Waals surface area (Å²) in [4.78, 5) is 11.8. The third-order valence-corrected chi connectivity index (χ3v) is 3.62. The van der Waals surface area contributed by atoms with Crippen molar-refractivity contribution in [1.29, 1.82) is 0 Å². The molecule has 0 bridgehead atoms. The van der Waals surface area contributed by atoms with Gasteiger partial charge in [-0.15, -0.1) is 12.4 Å². The van der Waals surface area contributed by atoms with Crippen molar-refractivity contribution in [2.75, 3.05) is 13.1 Å². The zero-order valence-corrected chi connectivity index (χ0v) is 13.1. The fraction of sp³-hybridized carbons (Fsp3) is 0.562. The van der Waals surface area contributed by atoms with Crippen LogP contribution in [0.15, 0.2) is 24.3 Å². The fourth-order valence-corrected chi connectivity index (χ4v) is 2.56. The minimum atomic E-state index is 0. The van der Waals surface area contributed by atoms with Crippen molar-refractivity contribution in [3.05, 3.63) is 35.4 Å². The van der Waals surface area contributed by atoms with E-state index in [2.05, 4.69) is 22.8 Å². The molecule has 0 radical (unpaired) electrons. The van der Waals surface area contributed by atoms with Crippen molar-refractivity contribution in [1.82, 2.24) is 10.6 Å². The predicted molar refractivity (Wildman–Crippen MR) is 85.6 cm³/mol. The maximum atomic E-state index is 11.8. The second kappa shape index (κ2) is 8.28. The number of carbonyl (C=O) groups is 1. The summed E-state index contributed by atoms with van der Waals surface area (Å²) in [6, 6.07) is 8.25. The van der Waals surface area contributed by atoms with Gasteiger partial charge in [0, 0.05) is 11.6 Å². The van der Waals surface area contributed by atoms with Gasteiger partial charge in [0.2, 0.25) is 0 Å². The molecule has 1 amide bonds. The highest BCUT2D eigenvalue weighted by molar-refractivity contribution is 5.94. The molecule has 20 heavy (non-hydrogen) atoms. The van der Waals surface area contributed by atoms with Gasteiger partial charge in [0.05, 0.1) is 0 Å². The lowest BCUT2D eigenvalue weighted by Crippen LogP contribution is -2.30. The van der Waals surface area contributed by atoms with Gasteiger partial charge in [-0.3, -0.25) is 4.79 Å². The summed E-state index contributed by atoms with van der Waals surface area (Å²) in [7, 11) is 0. The molecule has 2 N–H and O–H groups in total. The van der Waals surface area contributed by atoms with E-state index in [1.807, 2.05) is 26.0 Å². The maximum Gasteiger partial charge on any atom is 0.251 e. The molecule has 4 heteroatoms. The third kappa shape index (κ3) is 5.14. The van der Waals surface area contributed by atoms with Crippen molar-refractivity contribution in [2.24, 2.45) is 5.92 Å². The molecule has 1 aromatic rings. The molecule has 1 aliphatic heterocycles. The van der Waals surface area contributed by atoms with Crippen LogP contribution in [0.25, 0.3) is 0 Å². The van der Waals surface area contributed by atoms with Gasteiger partial charge >= 0.3 is 0 Å². The second-order valence-electron chi connectivity index (χ2n) is 5.72. The molecule has 1 heterocycles. The number of nitrogens with one attached hydrogen (secondary N) is 2. The first kappa shape index (κ1) is 17.0. The first-order valence-electron chi connectivity index (χ1n) is 7.25. The number of benzene rings is 1. The lowest BCUT2D eigenvalue weighted by atomic mass is 9.91. The summed E-state index contributed by atoms with van der Waals surface area (Å²) in [6.45, 7) is 6.23. The van der Waals surface area contributed by atoms with E-state index in [1.54, 1.807) is 0 Å². The molecule has 0 saturated carbocycles. The number of halogens is 1. The van der Waals surface area contributed by atoms with Crippen LogP contribution in [0.2, 0.25) is 0 Å². The Morgan fingerprint density at radius 3 is 2.40 bits per heavy atom. The standard InChI is InChI=1S/C16H24N2O.ClH/c1-12(2)18-16(19)15-5-3-13(4-6-15)11-14-7-9-17-10-8-14;/h3-6,12,14,17H,7-11H2,1-2H3,(H,18,19);1H. The normalized spacial score (nSPS) is 15.8. The summed E-state index contributed by atoms with van der Waals surface area (Å²) in [5.74, 6) is 0.806. The number of carbonyl (C=O) groups excluding carboxylic acids is 1. The number of rotatable bonds is 4. The Morgan fingerprint density at radius 1 is 1.25 bits per heavy atom. The van der Waals surface area contributed by atoms with Crippen molar-refractivity contribution >= 4 is 18.3 Å². The summed E-state index contributed by atoms with van der Waals surface area (Å²) in [6.07, 6.45) is 3.65. The van der Waals surface area contributed by atoms with Crippen LogP contribution >= 0.6 is 12.4 Å². The monoisotopic (exact) mass is 296 g/mol. The number of hydrogen-bond donors (Lipinski definition) is 2. The molecule has 0 unspecified atom stereocenters. The molecule has 0 spiro atoms. The first-order valence-corrected chi connectivity index (χ1v) is 7.25.